The van der Waals surface area contributed by atoms with Crippen LogP contribution in [0.25, 0.3) is 0 Å². The van der Waals surface area contributed by atoms with Crippen molar-refractivity contribution in [2.75, 3.05) is 11.9 Å². The number of unbranched alkanes of at least 4 members (excludes halogenated alkanes) is 3. The third-order valence-corrected chi connectivity index (χ3v) is 12.2. The van der Waals surface area contributed by atoms with E-state index in [1.807, 2.05) is 0 Å². The number of rotatable bonds is 12. The van der Waals surface area contributed by atoms with Gasteiger partial charge in [0.2, 0.25) is 0 Å². The lowest BCUT2D eigenvalue weighted by molar-refractivity contribution is -0.0641. The first-order chi connectivity index (χ1) is 16.8. The zero-order valence-electron chi connectivity index (χ0n) is 23.9. The van der Waals surface area contributed by atoms with E-state index >= 15 is 0 Å². The fraction of sp³-hybridized carbons (Fsp3) is 0.939. The first kappa shape index (κ1) is 28.2. The van der Waals surface area contributed by atoms with Gasteiger partial charge in [0.05, 0.1) is 6.10 Å². The lowest BCUT2D eigenvalue weighted by Gasteiger charge is -2.58. The molecule has 0 bridgehead atoms. The van der Waals surface area contributed by atoms with E-state index in [4.69, 9.17) is 4.74 Å². The van der Waals surface area contributed by atoms with Gasteiger partial charge in [-0.2, -0.15) is 0 Å². The van der Waals surface area contributed by atoms with E-state index in [1.165, 1.54) is 96.3 Å². The molecular weight excluding hydrogens is 492 g/mol. The minimum Gasteiger partial charge on any atom is -0.378 e. The molecule has 0 amide bonds. The zero-order chi connectivity index (χ0) is 25.1. The van der Waals surface area contributed by atoms with Gasteiger partial charge in [-0.25, -0.2) is 0 Å². The molecule has 202 valence electrons. The lowest BCUT2D eigenvalue weighted by Crippen LogP contribution is -2.51. The lowest BCUT2D eigenvalue weighted by atomic mass is 9.47. The fourth-order valence-electron chi connectivity index (χ4n) is 9.59. The van der Waals surface area contributed by atoms with Crippen LogP contribution in [0.4, 0.5) is 0 Å². The Morgan fingerprint density at radius 1 is 0.914 bits per heavy atom. The predicted octanol–water partition coefficient (Wildman–Crippen LogP) is 10.4. The molecule has 0 aliphatic heterocycles. The third kappa shape index (κ3) is 6.10. The standard InChI is InChI=1S/C33H57BrO/c1-24(2)11-10-12-25(3)29-15-16-30-28-14-13-26-23-27(35-22-9-7-6-8-21-34)17-19-32(26,4)31(28)18-20-33(29,30)5/h13,24-25,27-31H,6-12,14-23H2,1-5H3/t25-,27+,28+,29-,30+,31+,32+,33-/m1/s1. The van der Waals surface area contributed by atoms with Crippen molar-refractivity contribution in [2.45, 2.75) is 137 Å². The monoisotopic (exact) mass is 548 g/mol. The van der Waals surface area contributed by atoms with Crippen LogP contribution >= 0.6 is 15.9 Å². The number of alkyl halides is 1. The van der Waals surface area contributed by atoms with Gasteiger partial charge in [0, 0.05) is 11.9 Å². The summed E-state index contributed by atoms with van der Waals surface area (Å²) >= 11 is 3.55. The summed E-state index contributed by atoms with van der Waals surface area (Å²) in [6.07, 6.45) is 24.0. The SMILES string of the molecule is CC(C)CCC[C@@H](C)[C@H]1CC[C@H]2[C@@H]3CC=C4C[C@@H](OCCCCCCBr)CC[C@]4(C)[C@H]3CC[C@]12C. The quantitative estimate of drug-likeness (QED) is 0.134. The van der Waals surface area contributed by atoms with Gasteiger partial charge in [-0.05, 0) is 111 Å². The zero-order valence-corrected chi connectivity index (χ0v) is 25.5. The first-order valence-electron chi connectivity index (χ1n) is 15.7. The average molecular weight is 550 g/mol. The van der Waals surface area contributed by atoms with Gasteiger partial charge < -0.3 is 4.74 Å². The molecule has 0 aromatic carbocycles. The molecule has 35 heavy (non-hydrogen) atoms. The number of fused-ring (bicyclic) bond motifs is 5. The highest BCUT2D eigenvalue weighted by Gasteiger charge is 2.59. The van der Waals surface area contributed by atoms with Crippen molar-refractivity contribution in [2.24, 2.45) is 46.3 Å². The van der Waals surface area contributed by atoms with Gasteiger partial charge in [0.1, 0.15) is 0 Å². The molecule has 4 aliphatic rings. The molecule has 0 N–H and O–H groups in total. The van der Waals surface area contributed by atoms with Gasteiger partial charge in [-0.15, -0.1) is 0 Å². The predicted molar refractivity (Wildman–Crippen MR) is 155 cm³/mol. The molecule has 2 heteroatoms. The third-order valence-electron chi connectivity index (χ3n) is 11.6. The van der Waals surface area contributed by atoms with Gasteiger partial charge in [0.15, 0.2) is 0 Å². The first-order valence-corrected chi connectivity index (χ1v) is 16.8. The van der Waals surface area contributed by atoms with Crippen LogP contribution in [0.5, 0.6) is 0 Å². The summed E-state index contributed by atoms with van der Waals surface area (Å²) in [6.45, 7) is 13.7. The molecule has 1 nitrogen and oxygen atoms in total. The second kappa shape index (κ2) is 12.4. The van der Waals surface area contributed by atoms with Crippen LogP contribution in [0.1, 0.15) is 131 Å². The minimum atomic E-state index is 0.459. The van der Waals surface area contributed by atoms with Gasteiger partial charge in [0.25, 0.3) is 0 Å². The molecule has 4 rings (SSSR count). The molecule has 0 saturated heterocycles. The van der Waals surface area contributed by atoms with E-state index in [2.05, 4.69) is 56.6 Å². The van der Waals surface area contributed by atoms with Crippen molar-refractivity contribution in [1.82, 2.24) is 0 Å². The maximum absolute atomic E-state index is 6.41. The Balaban J connectivity index is 1.34. The fourth-order valence-corrected chi connectivity index (χ4v) is 9.99. The molecule has 8 atom stereocenters. The molecule has 0 aromatic rings. The molecule has 0 spiro atoms. The normalized spacial score (nSPS) is 39.6. The average Bonchev–Trinajstić information content (AvgIpc) is 3.18. The maximum atomic E-state index is 6.41. The van der Waals surface area contributed by atoms with Crippen molar-refractivity contribution >= 4 is 15.9 Å². The second-order valence-corrected chi connectivity index (χ2v) is 14.9. The highest BCUT2D eigenvalue weighted by Crippen LogP contribution is 2.67. The molecule has 4 aliphatic carbocycles. The Morgan fingerprint density at radius 2 is 1.71 bits per heavy atom. The highest BCUT2D eigenvalue weighted by atomic mass is 79.9. The van der Waals surface area contributed by atoms with Crippen molar-refractivity contribution < 1.29 is 4.74 Å². The van der Waals surface area contributed by atoms with Crippen LogP contribution < -0.4 is 0 Å². The Bertz CT molecular complexity index is 699. The summed E-state index contributed by atoms with van der Waals surface area (Å²) in [5.41, 5.74) is 2.85. The Labute approximate surface area is 227 Å². The van der Waals surface area contributed by atoms with Crippen LogP contribution in [0.15, 0.2) is 11.6 Å². The molecule has 0 aromatic heterocycles. The summed E-state index contributed by atoms with van der Waals surface area (Å²) in [4.78, 5) is 0. The number of ether oxygens (including phenoxy) is 1. The molecule has 0 unspecified atom stereocenters. The number of hydrogen-bond acceptors (Lipinski definition) is 1. The van der Waals surface area contributed by atoms with Crippen LogP contribution in [0.3, 0.4) is 0 Å². The maximum Gasteiger partial charge on any atom is 0.0612 e. The van der Waals surface area contributed by atoms with Crippen LogP contribution in [0.2, 0.25) is 0 Å². The Kier molecular flexibility index (Phi) is 9.96. The topological polar surface area (TPSA) is 9.23 Å². The number of hydrogen-bond donors (Lipinski definition) is 0. The van der Waals surface area contributed by atoms with E-state index in [1.54, 1.807) is 5.57 Å². The minimum absolute atomic E-state index is 0.459. The van der Waals surface area contributed by atoms with Crippen LogP contribution in [-0.2, 0) is 4.74 Å². The summed E-state index contributed by atoms with van der Waals surface area (Å²) in [5, 5.41) is 1.14. The summed E-state index contributed by atoms with van der Waals surface area (Å²) < 4.78 is 6.41. The Morgan fingerprint density at radius 3 is 2.49 bits per heavy atom. The van der Waals surface area contributed by atoms with Crippen molar-refractivity contribution in [3.63, 3.8) is 0 Å². The van der Waals surface area contributed by atoms with E-state index in [0.717, 1.165) is 47.4 Å². The summed E-state index contributed by atoms with van der Waals surface area (Å²) in [5.74, 6) is 5.60. The molecule has 0 radical (unpaired) electrons. The van der Waals surface area contributed by atoms with E-state index in [9.17, 15) is 0 Å². The van der Waals surface area contributed by atoms with Gasteiger partial charge in [-0.3, -0.25) is 0 Å². The molecule has 3 saturated carbocycles. The molecule has 0 heterocycles. The summed E-state index contributed by atoms with van der Waals surface area (Å²) in [6, 6.07) is 0. The van der Waals surface area contributed by atoms with Crippen molar-refractivity contribution in [3.8, 4) is 0 Å². The van der Waals surface area contributed by atoms with Crippen molar-refractivity contribution in [1.29, 1.82) is 0 Å². The molecular formula is C33H57BrO. The van der Waals surface area contributed by atoms with Gasteiger partial charge in [-0.1, -0.05) is 94.3 Å². The summed E-state index contributed by atoms with van der Waals surface area (Å²) in [7, 11) is 0. The second-order valence-electron chi connectivity index (χ2n) is 14.1. The van der Waals surface area contributed by atoms with E-state index < -0.39 is 0 Å². The largest absolute Gasteiger partial charge is 0.378 e. The van der Waals surface area contributed by atoms with Crippen LogP contribution in [0, 0.1) is 46.3 Å². The Hall–Kier alpha value is 0.180. The van der Waals surface area contributed by atoms with Crippen LogP contribution in [-0.4, -0.2) is 18.0 Å². The van der Waals surface area contributed by atoms with Crippen molar-refractivity contribution in [3.05, 3.63) is 11.6 Å². The van der Waals surface area contributed by atoms with Gasteiger partial charge >= 0.3 is 0 Å². The number of allylic oxidation sites excluding steroid dienone is 1. The molecule has 3 fully saturated rings. The van der Waals surface area contributed by atoms with E-state index in [0.29, 0.717) is 16.9 Å². The smallest absolute Gasteiger partial charge is 0.0612 e. The highest BCUT2D eigenvalue weighted by molar-refractivity contribution is 9.09. The number of halogens is 1. The van der Waals surface area contributed by atoms with E-state index in [-0.39, 0.29) is 0 Å².